The second-order valence-corrected chi connectivity index (χ2v) is 3.34. The highest BCUT2D eigenvalue weighted by molar-refractivity contribution is 6.01. The minimum absolute atomic E-state index is 0.285. The predicted molar refractivity (Wildman–Crippen MR) is 58.4 cm³/mol. The molecule has 0 aliphatic heterocycles. The molecule has 0 radical (unpaired) electrons. The molecule has 86 valence electrons. The van der Waals surface area contributed by atoms with E-state index in [-0.39, 0.29) is 6.61 Å². The number of hydrogen-bond acceptors (Lipinski definition) is 4. The number of Topliss-reactive ketones (excluding diaryl/α,β-unsaturated/α-hetero) is 1. The Labute approximate surface area is 93.9 Å². The number of esters is 1. The summed E-state index contributed by atoms with van der Waals surface area (Å²) in [4.78, 5) is 22.9. The summed E-state index contributed by atoms with van der Waals surface area (Å²) in [6.07, 6.45) is -1.07. The third kappa shape index (κ3) is 2.90. The highest BCUT2D eigenvalue weighted by Crippen LogP contribution is 2.09. The smallest absolute Gasteiger partial charge is 0.338 e. The normalized spacial score (nSPS) is 11.9. The summed E-state index contributed by atoms with van der Waals surface area (Å²) in [6, 6.07) is 6.13. The van der Waals surface area contributed by atoms with E-state index in [2.05, 4.69) is 0 Å². The molecule has 0 spiro atoms. The standard InChI is InChI=1S/C12H14O4/c1-3-16-12(15)10-6-4-5-9(7-10)11(14)8(2)13/h4-8,13H,3H2,1-2H3. The van der Waals surface area contributed by atoms with Crippen LogP contribution in [0.4, 0.5) is 0 Å². The summed E-state index contributed by atoms with van der Waals surface area (Å²) in [6.45, 7) is 3.38. The Morgan fingerprint density at radius 3 is 2.56 bits per heavy atom. The summed E-state index contributed by atoms with van der Waals surface area (Å²) in [5.41, 5.74) is 0.619. The molecule has 1 atom stereocenters. The maximum Gasteiger partial charge on any atom is 0.338 e. The van der Waals surface area contributed by atoms with Crippen molar-refractivity contribution in [2.45, 2.75) is 20.0 Å². The average Bonchev–Trinajstić information content (AvgIpc) is 2.28. The van der Waals surface area contributed by atoms with Crippen molar-refractivity contribution in [1.82, 2.24) is 0 Å². The molecule has 4 heteroatoms. The van der Waals surface area contributed by atoms with Gasteiger partial charge in [-0.25, -0.2) is 4.79 Å². The largest absolute Gasteiger partial charge is 0.462 e. The first-order valence-electron chi connectivity index (χ1n) is 5.05. The van der Waals surface area contributed by atoms with Crippen molar-refractivity contribution in [2.75, 3.05) is 6.61 Å². The number of benzene rings is 1. The molecule has 0 aliphatic carbocycles. The van der Waals surface area contributed by atoms with Crippen molar-refractivity contribution in [2.24, 2.45) is 0 Å². The molecule has 0 saturated heterocycles. The summed E-state index contributed by atoms with van der Waals surface area (Å²) in [7, 11) is 0. The van der Waals surface area contributed by atoms with Gasteiger partial charge in [-0.2, -0.15) is 0 Å². The monoisotopic (exact) mass is 222 g/mol. The van der Waals surface area contributed by atoms with E-state index < -0.39 is 17.9 Å². The third-order valence-electron chi connectivity index (χ3n) is 2.04. The molecule has 0 aliphatic rings. The maximum atomic E-state index is 11.5. The first-order chi connectivity index (χ1) is 7.56. The maximum absolute atomic E-state index is 11.5. The zero-order valence-electron chi connectivity index (χ0n) is 9.27. The second kappa shape index (κ2) is 5.42. The molecular weight excluding hydrogens is 208 g/mol. The fourth-order valence-electron chi connectivity index (χ4n) is 1.26. The lowest BCUT2D eigenvalue weighted by Gasteiger charge is -2.05. The van der Waals surface area contributed by atoms with Gasteiger partial charge in [-0.05, 0) is 26.0 Å². The highest BCUT2D eigenvalue weighted by atomic mass is 16.5. The Hall–Kier alpha value is -1.68. The van der Waals surface area contributed by atoms with Crippen LogP contribution in [0.3, 0.4) is 0 Å². The van der Waals surface area contributed by atoms with E-state index in [0.29, 0.717) is 11.1 Å². The number of aliphatic hydroxyl groups is 1. The molecule has 1 unspecified atom stereocenters. The Bertz CT molecular complexity index is 396. The first kappa shape index (κ1) is 12.4. The summed E-state index contributed by atoms with van der Waals surface area (Å²) in [5.74, 6) is -0.881. The van der Waals surface area contributed by atoms with Crippen LogP contribution in [0.1, 0.15) is 34.6 Å². The quantitative estimate of drug-likeness (QED) is 0.618. The molecule has 0 fully saturated rings. The van der Waals surface area contributed by atoms with Crippen LogP contribution in [0.15, 0.2) is 24.3 Å². The van der Waals surface area contributed by atoms with Crippen LogP contribution in [-0.2, 0) is 4.74 Å². The minimum Gasteiger partial charge on any atom is -0.462 e. The van der Waals surface area contributed by atoms with Crippen LogP contribution in [-0.4, -0.2) is 29.6 Å². The lowest BCUT2D eigenvalue weighted by atomic mass is 10.0. The topological polar surface area (TPSA) is 63.6 Å². The molecule has 1 aromatic carbocycles. The summed E-state index contributed by atoms with van der Waals surface area (Å²) in [5, 5.41) is 9.14. The highest BCUT2D eigenvalue weighted by Gasteiger charge is 2.14. The van der Waals surface area contributed by atoms with E-state index in [0.717, 1.165) is 0 Å². The van der Waals surface area contributed by atoms with Crippen LogP contribution in [0.2, 0.25) is 0 Å². The van der Waals surface area contributed by atoms with Gasteiger partial charge < -0.3 is 9.84 Å². The van der Waals surface area contributed by atoms with Crippen molar-refractivity contribution >= 4 is 11.8 Å². The Balaban J connectivity index is 2.95. The SMILES string of the molecule is CCOC(=O)c1cccc(C(=O)C(C)O)c1. The van der Waals surface area contributed by atoms with Crippen LogP contribution in [0.25, 0.3) is 0 Å². The van der Waals surface area contributed by atoms with E-state index in [4.69, 9.17) is 9.84 Å². The summed E-state index contributed by atoms with van der Waals surface area (Å²) >= 11 is 0. The fraction of sp³-hybridized carbons (Fsp3) is 0.333. The molecule has 0 bridgehead atoms. The number of aliphatic hydroxyl groups excluding tert-OH is 1. The summed E-state index contributed by atoms with van der Waals surface area (Å²) < 4.78 is 4.81. The molecule has 0 heterocycles. The third-order valence-corrected chi connectivity index (χ3v) is 2.04. The zero-order chi connectivity index (χ0) is 12.1. The zero-order valence-corrected chi connectivity index (χ0v) is 9.27. The van der Waals surface area contributed by atoms with Gasteiger partial charge in [0.1, 0.15) is 6.10 Å². The van der Waals surface area contributed by atoms with Crippen LogP contribution >= 0.6 is 0 Å². The lowest BCUT2D eigenvalue weighted by Crippen LogP contribution is -2.16. The van der Waals surface area contributed by atoms with Gasteiger partial charge in [0.05, 0.1) is 12.2 Å². The molecule has 16 heavy (non-hydrogen) atoms. The molecule has 4 nitrogen and oxygen atoms in total. The van der Waals surface area contributed by atoms with Crippen LogP contribution in [0.5, 0.6) is 0 Å². The van der Waals surface area contributed by atoms with Crippen LogP contribution < -0.4 is 0 Å². The fourth-order valence-corrected chi connectivity index (χ4v) is 1.26. The Kier molecular flexibility index (Phi) is 4.19. The van der Waals surface area contributed by atoms with Gasteiger partial charge in [0.15, 0.2) is 5.78 Å². The van der Waals surface area contributed by atoms with Crippen molar-refractivity contribution in [3.63, 3.8) is 0 Å². The Morgan fingerprint density at radius 1 is 1.38 bits per heavy atom. The molecule has 0 saturated carbocycles. The Morgan fingerprint density at radius 2 is 2.00 bits per heavy atom. The minimum atomic E-state index is -1.07. The van der Waals surface area contributed by atoms with Crippen molar-refractivity contribution in [1.29, 1.82) is 0 Å². The van der Waals surface area contributed by atoms with Gasteiger partial charge in [-0.3, -0.25) is 4.79 Å². The molecule has 1 N–H and O–H groups in total. The van der Waals surface area contributed by atoms with E-state index in [1.54, 1.807) is 25.1 Å². The second-order valence-electron chi connectivity index (χ2n) is 3.34. The number of carbonyl (C=O) groups excluding carboxylic acids is 2. The predicted octanol–water partition coefficient (Wildman–Crippen LogP) is 1.43. The van der Waals surface area contributed by atoms with E-state index in [1.165, 1.54) is 13.0 Å². The molecule has 1 rings (SSSR count). The van der Waals surface area contributed by atoms with Crippen LogP contribution in [0, 0.1) is 0 Å². The number of hydrogen-bond donors (Lipinski definition) is 1. The lowest BCUT2D eigenvalue weighted by molar-refractivity contribution is 0.0526. The van der Waals surface area contributed by atoms with Gasteiger partial charge in [-0.15, -0.1) is 0 Å². The molecule has 0 amide bonds. The van der Waals surface area contributed by atoms with Gasteiger partial charge in [0.2, 0.25) is 0 Å². The number of ether oxygens (including phenoxy) is 1. The van der Waals surface area contributed by atoms with Gasteiger partial charge in [0, 0.05) is 5.56 Å². The number of ketones is 1. The van der Waals surface area contributed by atoms with Gasteiger partial charge in [-0.1, -0.05) is 12.1 Å². The van der Waals surface area contributed by atoms with E-state index >= 15 is 0 Å². The number of carbonyl (C=O) groups is 2. The van der Waals surface area contributed by atoms with E-state index in [9.17, 15) is 9.59 Å². The van der Waals surface area contributed by atoms with Gasteiger partial charge in [0.25, 0.3) is 0 Å². The molecular formula is C12H14O4. The van der Waals surface area contributed by atoms with Crippen molar-refractivity contribution in [3.05, 3.63) is 35.4 Å². The molecule has 0 aromatic heterocycles. The van der Waals surface area contributed by atoms with Crippen molar-refractivity contribution < 1.29 is 19.4 Å². The number of rotatable bonds is 4. The average molecular weight is 222 g/mol. The van der Waals surface area contributed by atoms with Gasteiger partial charge >= 0.3 is 5.97 Å². The first-order valence-corrected chi connectivity index (χ1v) is 5.05. The molecule has 1 aromatic rings. The van der Waals surface area contributed by atoms with Crippen molar-refractivity contribution in [3.8, 4) is 0 Å². The van der Waals surface area contributed by atoms with E-state index in [1.807, 2.05) is 0 Å².